The minimum Gasteiger partial charge on any atom is -0.497 e. The van der Waals surface area contributed by atoms with Crippen molar-refractivity contribution in [1.29, 1.82) is 0 Å². The number of aryl methyl sites for hydroxylation is 2. The van der Waals surface area contributed by atoms with Gasteiger partial charge in [0.15, 0.2) is 0 Å². The summed E-state index contributed by atoms with van der Waals surface area (Å²) in [6, 6.07) is 12.6. The van der Waals surface area contributed by atoms with Crippen molar-refractivity contribution in [2.75, 3.05) is 20.3 Å². The van der Waals surface area contributed by atoms with Gasteiger partial charge in [0.25, 0.3) is 5.91 Å². The van der Waals surface area contributed by atoms with Crippen molar-refractivity contribution >= 4 is 11.9 Å². The molecular formula is C23H26N2O5. The van der Waals surface area contributed by atoms with Crippen molar-refractivity contribution in [3.05, 3.63) is 59.2 Å². The first-order chi connectivity index (χ1) is 14.4. The Morgan fingerprint density at radius 1 is 1.20 bits per heavy atom. The largest absolute Gasteiger partial charge is 0.497 e. The van der Waals surface area contributed by atoms with Crippen LogP contribution in [0.2, 0.25) is 0 Å². The molecule has 0 unspecified atom stereocenters. The van der Waals surface area contributed by atoms with Crippen molar-refractivity contribution < 1.29 is 24.2 Å². The van der Waals surface area contributed by atoms with Gasteiger partial charge in [0.05, 0.1) is 13.7 Å². The van der Waals surface area contributed by atoms with Crippen molar-refractivity contribution in [1.82, 2.24) is 10.2 Å². The Morgan fingerprint density at radius 3 is 2.80 bits per heavy atom. The number of aliphatic hydroxyl groups excluding tert-OH is 1. The fourth-order valence-corrected chi connectivity index (χ4v) is 4.30. The summed E-state index contributed by atoms with van der Waals surface area (Å²) >= 11 is 0. The van der Waals surface area contributed by atoms with Crippen LogP contribution in [0.15, 0.2) is 42.5 Å². The lowest BCUT2D eigenvalue weighted by atomic mass is 9.76. The van der Waals surface area contributed by atoms with Gasteiger partial charge in [-0.3, -0.25) is 9.69 Å². The molecule has 7 heteroatoms. The summed E-state index contributed by atoms with van der Waals surface area (Å²) in [5, 5.41) is 13.3. The van der Waals surface area contributed by atoms with Crippen LogP contribution in [0.4, 0.5) is 4.79 Å². The van der Waals surface area contributed by atoms with E-state index in [2.05, 4.69) is 5.32 Å². The minimum absolute atomic E-state index is 0.0126. The topological polar surface area (TPSA) is 88.1 Å². The van der Waals surface area contributed by atoms with Crippen molar-refractivity contribution in [3.63, 3.8) is 0 Å². The molecule has 0 aromatic heterocycles. The number of amides is 3. The number of carbonyl (C=O) groups excluding carboxylic acids is 2. The molecule has 0 saturated carbocycles. The maximum Gasteiger partial charge on any atom is 0.325 e. The van der Waals surface area contributed by atoms with Crippen molar-refractivity contribution in [2.24, 2.45) is 0 Å². The zero-order chi connectivity index (χ0) is 21.3. The molecule has 4 rings (SSSR count). The predicted molar refractivity (Wildman–Crippen MR) is 111 cm³/mol. The van der Waals surface area contributed by atoms with E-state index in [9.17, 15) is 14.7 Å². The van der Waals surface area contributed by atoms with Crippen LogP contribution in [-0.2, 0) is 16.8 Å². The Balaban J connectivity index is 1.48. The number of hydrogen-bond donors (Lipinski definition) is 2. The maximum atomic E-state index is 13.3. The molecule has 1 saturated heterocycles. The molecule has 3 amide bonds. The second-order valence-corrected chi connectivity index (χ2v) is 7.91. The highest BCUT2D eigenvalue weighted by atomic mass is 16.5. The van der Waals surface area contributed by atoms with Gasteiger partial charge >= 0.3 is 6.03 Å². The van der Waals surface area contributed by atoms with Gasteiger partial charge in [-0.25, -0.2) is 4.79 Å². The number of nitrogens with one attached hydrogen (secondary N) is 1. The van der Waals surface area contributed by atoms with Gasteiger partial charge in [-0.1, -0.05) is 18.2 Å². The van der Waals surface area contributed by atoms with Crippen molar-refractivity contribution in [3.8, 4) is 11.5 Å². The fraction of sp³-hybridized carbons (Fsp3) is 0.391. The highest BCUT2D eigenvalue weighted by Crippen LogP contribution is 2.41. The lowest BCUT2D eigenvalue weighted by Crippen LogP contribution is -2.47. The van der Waals surface area contributed by atoms with E-state index in [4.69, 9.17) is 9.47 Å². The van der Waals surface area contributed by atoms with Crippen molar-refractivity contribution in [2.45, 2.75) is 37.8 Å². The third kappa shape index (κ3) is 3.61. The van der Waals surface area contributed by atoms with E-state index in [1.54, 1.807) is 19.2 Å². The van der Waals surface area contributed by atoms with Gasteiger partial charge in [-0.05, 0) is 67.1 Å². The van der Waals surface area contributed by atoms with Crippen LogP contribution >= 0.6 is 0 Å². The number of aliphatic hydroxyl groups is 1. The van der Waals surface area contributed by atoms with Crippen LogP contribution < -0.4 is 14.8 Å². The van der Waals surface area contributed by atoms with Gasteiger partial charge in [0.2, 0.25) is 0 Å². The Morgan fingerprint density at radius 2 is 2.03 bits per heavy atom. The van der Waals surface area contributed by atoms with E-state index in [0.29, 0.717) is 12.2 Å². The van der Waals surface area contributed by atoms with Crippen LogP contribution in [0, 0.1) is 6.92 Å². The van der Waals surface area contributed by atoms with E-state index in [-0.39, 0.29) is 19.1 Å². The van der Waals surface area contributed by atoms with E-state index in [1.165, 1.54) is 0 Å². The molecule has 2 N–H and O–H groups in total. The van der Waals surface area contributed by atoms with Crippen LogP contribution in [0.25, 0.3) is 0 Å². The van der Waals surface area contributed by atoms with Gasteiger partial charge in [-0.15, -0.1) is 0 Å². The summed E-state index contributed by atoms with van der Waals surface area (Å²) in [6.07, 6.45) is 1.14. The summed E-state index contributed by atoms with van der Waals surface area (Å²) in [4.78, 5) is 27.1. The summed E-state index contributed by atoms with van der Waals surface area (Å²) < 4.78 is 10.9. The van der Waals surface area contributed by atoms with E-state index >= 15 is 0 Å². The average Bonchev–Trinajstić information content (AvgIpc) is 2.97. The molecule has 1 aliphatic heterocycles. The van der Waals surface area contributed by atoms with Gasteiger partial charge in [0.1, 0.15) is 29.7 Å². The fourth-order valence-electron chi connectivity index (χ4n) is 4.30. The number of fused-ring (bicyclic) bond motifs is 2. The first-order valence-corrected chi connectivity index (χ1v) is 10.1. The highest BCUT2D eigenvalue weighted by Gasteiger charge is 2.54. The molecule has 2 aromatic rings. The average molecular weight is 410 g/mol. The van der Waals surface area contributed by atoms with Crippen LogP contribution in [-0.4, -0.2) is 48.3 Å². The zero-order valence-electron chi connectivity index (χ0n) is 17.2. The second kappa shape index (κ2) is 7.99. The Hall–Kier alpha value is -3.06. The number of methoxy groups -OCH3 is 1. The zero-order valence-corrected chi connectivity index (χ0v) is 17.2. The molecule has 30 heavy (non-hydrogen) atoms. The maximum absolute atomic E-state index is 13.3. The molecule has 1 aliphatic carbocycles. The number of ether oxygens (including phenoxy) is 2. The number of rotatable bonds is 6. The molecule has 2 aliphatic rings. The first-order valence-electron chi connectivity index (χ1n) is 10.1. The molecule has 0 bridgehead atoms. The van der Waals surface area contributed by atoms with Gasteiger partial charge < -0.3 is 19.9 Å². The summed E-state index contributed by atoms with van der Waals surface area (Å²) in [5.74, 6) is 1.04. The molecule has 1 spiro atoms. The smallest absolute Gasteiger partial charge is 0.325 e. The Bertz CT molecular complexity index is 976. The quantitative estimate of drug-likeness (QED) is 0.715. The van der Waals surface area contributed by atoms with Crippen LogP contribution in [0.3, 0.4) is 0 Å². The molecule has 1 heterocycles. The molecule has 1 fully saturated rings. The monoisotopic (exact) mass is 410 g/mol. The number of β-amino-alcohol motifs (C(OH)–C–C–N with tert-alkyl or cyclic N) is 1. The van der Waals surface area contributed by atoms with E-state index < -0.39 is 17.7 Å². The lowest BCUT2D eigenvalue weighted by Gasteiger charge is -2.33. The van der Waals surface area contributed by atoms with Gasteiger partial charge in [-0.2, -0.15) is 0 Å². The molecule has 7 nitrogen and oxygen atoms in total. The molecule has 0 radical (unpaired) electrons. The molecule has 158 valence electrons. The number of urea groups is 1. The lowest BCUT2D eigenvalue weighted by molar-refractivity contribution is -0.133. The van der Waals surface area contributed by atoms with Crippen LogP contribution in [0.1, 0.15) is 29.5 Å². The Kier molecular flexibility index (Phi) is 5.39. The summed E-state index contributed by atoms with van der Waals surface area (Å²) in [5.41, 5.74) is 1.78. The van der Waals surface area contributed by atoms with E-state index in [0.717, 1.165) is 40.2 Å². The number of imide groups is 1. The third-order valence-corrected chi connectivity index (χ3v) is 5.77. The minimum atomic E-state index is -1.08. The standard InChI is InChI=1S/C23H26N2O5/c1-15-5-3-7-19(11-15)30-14-17(26)13-25-21(27)23(24-22(25)28)10-4-6-16-12-18(29-2)8-9-20(16)23/h3,5,7-9,11-12,17,26H,4,6,10,13-14H2,1-2H3,(H,24,28)/t17-,23-/m1/s1. The number of hydrogen-bond acceptors (Lipinski definition) is 5. The highest BCUT2D eigenvalue weighted by molar-refractivity contribution is 6.07. The third-order valence-electron chi connectivity index (χ3n) is 5.77. The molecular weight excluding hydrogens is 384 g/mol. The molecule has 2 aromatic carbocycles. The number of nitrogens with zero attached hydrogens (tertiary/aromatic N) is 1. The van der Waals surface area contributed by atoms with Gasteiger partial charge in [0, 0.05) is 0 Å². The summed E-state index contributed by atoms with van der Waals surface area (Å²) in [6.45, 7) is 1.82. The first kappa shape index (κ1) is 20.2. The van der Waals surface area contributed by atoms with E-state index in [1.807, 2.05) is 37.3 Å². The SMILES string of the molecule is COc1ccc2c(c1)CCC[C@@]21NC(=O)N(C[C@@H](O)COc2cccc(C)c2)C1=O. The number of benzene rings is 2. The normalized spacial score (nSPS) is 21.4. The Labute approximate surface area is 175 Å². The summed E-state index contributed by atoms with van der Waals surface area (Å²) in [7, 11) is 1.60. The molecule has 2 atom stereocenters. The predicted octanol–water partition coefficient (Wildman–Crippen LogP) is 2.53. The van der Waals surface area contributed by atoms with Crippen LogP contribution in [0.5, 0.6) is 11.5 Å². The number of carbonyl (C=O) groups is 2. The second-order valence-electron chi connectivity index (χ2n) is 7.91.